The van der Waals surface area contributed by atoms with Crippen LogP contribution in [0.2, 0.25) is 0 Å². The van der Waals surface area contributed by atoms with Crippen LogP contribution in [0.15, 0.2) is 4.99 Å². The Hall–Kier alpha value is -0.870. The predicted molar refractivity (Wildman–Crippen MR) is 27.9 cm³/mol. The Morgan fingerprint density at radius 3 is 2.11 bits per heavy atom. The van der Waals surface area contributed by atoms with Gasteiger partial charge < -0.3 is 0 Å². The smallest absolute Gasteiger partial charge is 0.279 e. The van der Waals surface area contributed by atoms with Crippen LogP contribution in [0.1, 0.15) is 6.92 Å². The highest BCUT2D eigenvalue weighted by Gasteiger charge is 2.33. The first-order chi connectivity index (χ1) is 3.98. The third-order valence-electron chi connectivity index (χ3n) is 0.527. The summed E-state index contributed by atoms with van der Waals surface area (Å²) in [5.41, 5.74) is 0. The van der Waals surface area contributed by atoms with Crippen molar-refractivity contribution in [2.45, 2.75) is 13.1 Å². The number of amidine groups is 1. The number of rotatable bonds is 0. The van der Waals surface area contributed by atoms with E-state index < -0.39 is 12.0 Å². The van der Waals surface area contributed by atoms with Gasteiger partial charge in [-0.3, -0.25) is 5.41 Å². The van der Waals surface area contributed by atoms with Gasteiger partial charge in [-0.15, -0.1) is 0 Å². The third-order valence-corrected chi connectivity index (χ3v) is 0.527. The molecule has 52 valence electrons. The van der Waals surface area contributed by atoms with Crippen LogP contribution in [-0.2, 0) is 0 Å². The van der Waals surface area contributed by atoms with Crippen LogP contribution in [-0.4, -0.2) is 18.2 Å². The molecule has 9 heavy (non-hydrogen) atoms. The molecule has 0 saturated carbocycles. The van der Waals surface area contributed by atoms with E-state index in [-0.39, 0.29) is 0 Å². The number of alkyl halides is 3. The van der Waals surface area contributed by atoms with Crippen LogP contribution >= 0.6 is 0 Å². The predicted octanol–water partition coefficient (Wildman–Crippen LogP) is 1.62. The summed E-state index contributed by atoms with van der Waals surface area (Å²) in [6.07, 6.45) is -3.68. The zero-order valence-corrected chi connectivity index (χ0v) is 4.66. The molecule has 0 spiro atoms. The van der Waals surface area contributed by atoms with Gasteiger partial charge in [-0.25, -0.2) is 4.99 Å². The van der Waals surface area contributed by atoms with Crippen molar-refractivity contribution < 1.29 is 13.2 Å². The van der Waals surface area contributed by atoms with E-state index in [9.17, 15) is 13.2 Å². The van der Waals surface area contributed by atoms with Gasteiger partial charge in [-0.2, -0.15) is 13.2 Å². The highest BCUT2D eigenvalue weighted by atomic mass is 19.4. The molecule has 0 aromatic heterocycles. The van der Waals surface area contributed by atoms with Gasteiger partial charge >= 0.3 is 6.18 Å². The van der Waals surface area contributed by atoms with E-state index in [0.717, 1.165) is 6.21 Å². The van der Waals surface area contributed by atoms with Crippen molar-refractivity contribution in [3.63, 3.8) is 0 Å². The molecule has 0 aromatic carbocycles. The number of hydrogen-bond acceptors (Lipinski definition) is 1. The molecule has 0 aliphatic heterocycles. The maximum Gasteiger partial charge on any atom is 0.450 e. The molecule has 0 fully saturated rings. The third kappa shape index (κ3) is 2.84. The molecule has 0 saturated heterocycles. The topological polar surface area (TPSA) is 36.2 Å². The number of aliphatic imine (C=N–C) groups is 1. The number of halogens is 3. The molecule has 0 atom stereocenters. The lowest BCUT2D eigenvalue weighted by molar-refractivity contribution is -0.0604. The Kier molecular flexibility index (Phi) is 2.36. The quantitative estimate of drug-likeness (QED) is 0.390. The molecule has 2 nitrogen and oxygen atoms in total. The zero-order chi connectivity index (χ0) is 7.49. The van der Waals surface area contributed by atoms with Gasteiger partial charge in [-0.05, 0) is 6.92 Å². The van der Waals surface area contributed by atoms with Gasteiger partial charge in [0.2, 0.25) is 5.84 Å². The molecule has 0 aliphatic carbocycles. The van der Waals surface area contributed by atoms with Crippen molar-refractivity contribution in [3.05, 3.63) is 0 Å². The Morgan fingerprint density at radius 1 is 1.56 bits per heavy atom. The Bertz CT molecular complexity index is 135. The van der Waals surface area contributed by atoms with E-state index in [4.69, 9.17) is 5.41 Å². The standard InChI is InChI=1S/C4H5F3N2/c1-2-9-3(8)4(5,6)7/h2,8H,1H3. The summed E-state index contributed by atoms with van der Waals surface area (Å²) in [7, 11) is 0. The summed E-state index contributed by atoms with van der Waals surface area (Å²) in [6.45, 7) is 1.32. The summed E-state index contributed by atoms with van der Waals surface area (Å²) < 4.78 is 33.9. The van der Waals surface area contributed by atoms with Crippen LogP contribution in [0.3, 0.4) is 0 Å². The molecular formula is C4H5F3N2. The molecule has 0 rings (SSSR count). The lowest BCUT2D eigenvalue weighted by Gasteiger charge is -2.00. The summed E-state index contributed by atoms with van der Waals surface area (Å²) >= 11 is 0. The molecule has 1 N–H and O–H groups in total. The van der Waals surface area contributed by atoms with Crippen LogP contribution in [0.4, 0.5) is 13.2 Å². The molecule has 0 aromatic rings. The summed E-state index contributed by atoms with van der Waals surface area (Å²) in [5, 5.41) is 6.22. The van der Waals surface area contributed by atoms with Crippen molar-refractivity contribution in [1.29, 1.82) is 5.41 Å². The molecule has 0 heterocycles. The first-order valence-electron chi connectivity index (χ1n) is 2.13. The summed E-state index contributed by atoms with van der Waals surface area (Å²) in [6, 6.07) is 0. The van der Waals surface area contributed by atoms with E-state index in [1.165, 1.54) is 6.92 Å². The fraction of sp³-hybridized carbons (Fsp3) is 0.500. The lowest BCUT2D eigenvalue weighted by Crippen LogP contribution is -2.19. The van der Waals surface area contributed by atoms with Gasteiger partial charge in [0.25, 0.3) is 0 Å². The Labute approximate surface area is 49.9 Å². The first-order valence-corrected chi connectivity index (χ1v) is 2.13. The van der Waals surface area contributed by atoms with Gasteiger partial charge in [0.15, 0.2) is 0 Å². The summed E-state index contributed by atoms with van der Waals surface area (Å²) in [5.74, 6) is -1.56. The minimum absolute atomic E-state index is 0.926. The minimum atomic E-state index is -4.60. The fourth-order valence-electron chi connectivity index (χ4n) is 0.202. The van der Waals surface area contributed by atoms with Crippen molar-refractivity contribution in [3.8, 4) is 0 Å². The number of hydrogen-bond donors (Lipinski definition) is 1. The second-order valence-electron chi connectivity index (χ2n) is 1.23. The molecule has 0 unspecified atom stereocenters. The van der Waals surface area contributed by atoms with Crippen LogP contribution in [0.5, 0.6) is 0 Å². The SMILES string of the molecule is CC=NC(=N)C(F)(F)F. The highest BCUT2D eigenvalue weighted by molar-refractivity contribution is 5.90. The minimum Gasteiger partial charge on any atom is -0.279 e. The maximum absolute atomic E-state index is 11.3. The Balaban J connectivity index is 4.06. The molecule has 5 heteroatoms. The monoisotopic (exact) mass is 138 g/mol. The molecule has 0 bridgehead atoms. The summed E-state index contributed by atoms with van der Waals surface area (Å²) in [4.78, 5) is 2.73. The molecule has 0 aliphatic rings. The highest BCUT2D eigenvalue weighted by Crippen LogP contribution is 2.16. The van der Waals surface area contributed by atoms with Gasteiger partial charge in [0, 0.05) is 6.21 Å². The van der Waals surface area contributed by atoms with Crippen molar-refractivity contribution in [2.75, 3.05) is 0 Å². The second-order valence-corrected chi connectivity index (χ2v) is 1.23. The van der Waals surface area contributed by atoms with Gasteiger partial charge in [-0.1, -0.05) is 0 Å². The average Bonchev–Trinajstić information content (AvgIpc) is 1.64. The number of nitrogens with one attached hydrogen (secondary N) is 1. The van der Waals surface area contributed by atoms with E-state index in [0.29, 0.717) is 0 Å². The second kappa shape index (κ2) is 2.61. The van der Waals surface area contributed by atoms with E-state index >= 15 is 0 Å². The zero-order valence-electron chi connectivity index (χ0n) is 4.66. The van der Waals surface area contributed by atoms with E-state index in [1.807, 2.05) is 0 Å². The van der Waals surface area contributed by atoms with E-state index in [1.54, 1.807) is 0 Å². The van der Waals surface area contributed by atoms with Gasteiger partial charge in [0.1, 0.15) is 0 Å². The Morgan fingerprint density at radius 2 is 2.00 bits per heavy atom. The van der Waals surface area contributed by atoms with Crippen LogP contribution < -0.4 is 0 Å². The normalized spacial score (nSPS) is 12.4. The van der Waals surface area contributed by atoms with Crippen LogP contribution in [0.25, 0.3) is 0 Å². The molecule has 0 amide bonds. The van der Waals surface area contributed by atoms with Crippen LogP contribution in [0, 0.1) is 5.41 Å². The largest absolute Gasteiger partial charge is 0.450 e. The molecular weight excluding hydrogens is 133 g/mol. The van der Waals surface area contributed by atoms with Gasteiger partial charge in [0.05, 0.1) is 0 Å². The average molecular weight is 138 g/mol. The van der Waals surface area contributed by atoms with E-state index in [2.05, 4.69) is 4.99 Å². The van der Waals surface area contributed by atoms with Crippen molar-refractivity contribution in [1.82, 2.24) is 0 Å². The number of nitrogens with zero attached hydrogens (tertiary/aromatic N) is 1. The molecule has 0 radical (unpaired) electrons. The first kappa shape index (κ1) is 8.13. The lowest BCUT2D eigenvalue weighted by atomic mass is 10.6. The fourth-order valence-corrected chi connectivity index (χ4v) is 0.202. The van der Waals surface area contributed by atoms with Crippen molar-refractivity contribution in [2.24, 2.45) is 4.99 Å². The maximum atomic E-state index is 11.3. The van der Waals surface area contributed by atoms with Crippen molar-refractivity contribution >= 4 is 12.1 Å².